The van der Waals surface area contributed by atoms with E-state index in [0.29, 0.717) is 11.4 Å². The molecule has 6 rings (SSSR count). The molecule has 0 fully saturated rings. The number of aromatic amines is 2. The minimum absolute atomic E-state index is 0.101. The largest absolute Gasteiger partial charge is 0.506 e. The number of hydrogen-bond donors (Lipinski definition) is 3. The summed E-state index contributed by atoms with van der Waals surface area (Å²) in [5.41, 5.74) is 7.66. The lowest BCUT2D eigenvalue weighted by Crippen LogP contribution is -1.87. The van der Waals surface area contributed by atoms with Gasteiger partial charge in [0.25, 0.3) is 0 Å². The zero-order chi connectivity index (χ0) is 20.1. The number of fused-ring (bicyclic) bond motifs is 2. The van der Waals surface area contributed by atoms with Crippen LogP contribution in [0.1, 0.15) is 0 Å². The van der Waals surface area contributed by atoms with Gasteiger partial charge in [-0.1, -0.05) is 0 Å². The fraction of sp³-hybridized carbons (Fsp3) is 0. The van der Waals surface area contributed by atoms with E-state index in [9.17, 15) is 5.11 Å². The normalized spacial score (nSPS) is 11.5. The Kier molecular flexibility index (Phi) is 3.65. The van der Waals surface area contributed by atoms with Gasteiger partial charge >= 0.3 is 0 Å². The van der Waals surface area contributed by atoms with Crippen LogP contribution in [0.5, 0.6) is 5.75 Å². The van der Waals surface area contributed by atoms with Crippen molar-refractivity contribution in [3.8, 4) is 39.5 Å². The minimum atomic E-state index is 0.101. The van der Waals surface area contributed by atoms with Gasteiger partial charge in [0.05, 0.1) is 23.1 Å². The molecular weight excluding hydrogens is 396 g/mol. The summed E-state index contributed by atoms with van der Waals surface area (Å²) in [4.78, 5) is 16.7. The second-order valence-electron chi connectivity index (χ2n) is 6.91. The fourth-order valence-electron chi connectivity index (χ4n) is 3.64. The molecule has 0 aliphatic rings. The first kappa shape index (κ1) is 16.9. The summed E-state index contributed by atoms with van der Waals surface area (Å²) in [6, 6.07) is 11.6. The zero-order valence-electron chi connectivity index (χ0n) is 15.5. The predicted octanol–water partition coefficient (Wildman–Crippen LogP) is 5.00. The van der Waals surface area contributed by atoms with Crippen molar-refractivity contribution in [1.82, 2.24) is 30.1 Å². The molecule has 0 aliphatic carbocycles. The maximum absolute atomic E-state index is 9.75. The Labute approximate surface area is 174 Å². The number of nitrogens with one attached hydrogen (secondary N) is 2. The lowest BCUT2D eigenvalue weighted by molar-refractivity contribution is 0.473. The second-order valence-corrected chi connectivity index (χ2v) is 7.69. The molecule has 6 aromatic heterocycles. The third-order valence-corrected chi connectivity index (χ3v) is 5.73. The minimum Gasteiger partial charge on any atom is -0.506 e. The van der Waals surface area contributed by atoms with Crippen molar-refractivity contribution in [3.05, 3.63) is 65.7 Å². The van der Waals surface area contributed by atoms with Gasteiger partial charge in [0.15, 0.2) is 0 Å². The summed E-state index contributed by atoms with van der Waals surface area (Å²) < 4.78 is 0. The van der Waals surface area contributed by atoms with Crippen molar-refractivity contribution in [2.45, 2.75) is 0 Å². The van der Waals surface area contributed by atoms with E-state index in [1.54, 1.807) is 23.6 Å². The lowest BCUT2D eigenvalue weighted by atomic mass is 10.1. The Morgan fingerprint density at radius 1 is 1.00 bits per heavy atom. The Balaban J connectivity index is 1.52. The molecule has 0 saturated carbocycles. The molecule has 30 heavy (non-hydrogen) atoms. The van der Waals surface area contributed by atoms with Crippen LogP contribution >= 0.6 is 11.3 Å². The van der Waals surface area contributed by atoms with Gasteiger partial charge < -0.3 is 10.1 Å². The van der Waals surface area contributed by atoms with Crippen LogP contribution in [0.3, 0.4) is 0 Å². The van der Waals surface area contributed by atoms with Gasteiger partial charge in [0.1, 0.15) is 22.6 Å². The number of hydrogen-bond acceptors (Lipinski definition) is 6. The number of aromatic nitrogens is 6. The summed E-state index contributed by atoms with van der Waals surface area (Å²) in [5.74, 6) is 0.101. The summed E-state index contributed by atoms with van der Waals surface area (Å²) in [6.07, 6.45) is 4.88. The predicted molar refractivity (Wildman–Crippen MR) is 117 cm³/mol. The lowest BCUT2D eigenvalue weighted by Gasteiger charge is -2.01. The highest BCUT2D eigenvalue weighted by Gasteiger charge is 2.16. The quantitative estimate of drug-likeness (QED) is 0.381. The van der Waals surface area contributed by atoms with Crippen LogP contribution in [0.25, 0.3) is 55.8 Å². The van der Waals surface area contributed by atoms with Crippen molar-refractivity contribution in [2.75, 3.05) is 0 Å². The highest BCUT2D eigenvalue weighted by Crippen LogP contribution is 2.34. The molecule has 0 amide bonds. The first-order valence-corrected chi connectivity index (χ1v) is 10.2. The van der Waals surface area contributed by atoms with E-state index in [1.165, 1.54) is 11.8 Å². The Morgan fingerprint density at radius 2 is 1.97 bits per heavy atom. The standard InChI is InChI=1S/C22H14N6OS/c29-14-7-13(9-23-10-14)17-1-2-18-20(25-17)21(28-27-18)19-8-16-15(12-4-6-30-11-12)3-5-24-22(16)26-19/h1-11,29H,(H,24,26)(H,27,28). The van der Waals surface area contributed by atoms with Gasteiger partial charge in [0, 0.05) is 23.3 Å². The first-order chi connectivity index (χ1) is 14.8. The van der Waals surface area contributed by atoms with Crippen LogP contribution in [0, 0.1) is 0 Å². The number of aromatic hydroxyl groups is 1. The van der Waals surface area contributed by atoms with Crippen LogP contribution < -0.4 is 0 Å². The molecule has 8 heteroatoms. The highest BCUT2D eigenvalue weighted by atomic mass is 32.1. The summed E-state index contributed by atoms with van der Waals surface area (Å²) in [7, 11) is 0. The Morgan fingerprint density at radius 3 is 2.83 bits per heavy atom. The molecule has 0 aliphatic heterocycles. The van der Waals surface area contributed by atoms with Crippen molar-refractivity contribution in [2.24, 2.45) is 0 Å². The van der Waals surface area contributed by atoms with Crippen molar-refractivity contribution in [3.63, 3.8) is 0 Å². The zero-order valence-corrected chi connectivity index (χ0v) is 16.3. The van der Waals surface area contributed by atoms with Crippen LogP contribution in [0.15, 0.2) is 65.7 Å². The van der Waals surface area contributed by atoms with E-state index in [4.69, 9.17) is 4.98 Å². The number of thiophene rings is 1. The summed E-state index contributed by atoms with van der Waals surface area (Å²) in [6.45, 7) is 0. The van der Waals surface area contributed by atoms with E-state index in [0.717, 1.165) is 38.9 Å². The molecule has 3 N–H and O–H groups in total. The molecule has 6 heterocycles. The smallest absolute Gasteiger partial charge is 0.138 e. The maximum atomic E-state index is 9.75. The number of rotatable bonds is 3. The van der Waals surface area contributed by atoms with Crippen LogP contribution in [0.2, 0.25) is 0 Å². The molecular formula is C22H14N6OS. The van der Waals surface area contributed by atoms with Gasteiger partial charge in [-0.25, -0.2) is 9.97 Å². The Bertz CT molecular complexity index is 1520. The first-order valence-electron chi connectivity index (χ1n) is 9.26. The van der Waals surface area contributed by atoms with Gasteiger partial charge in [-0.3, -0.25) is 10.1 Å². The average Bonchev–Trinajstić information content (AvgIpc) is 3.51. The van der Waals surface area contributed by atoms with Gasteiger partial charge in [-0.05, 0) is 58.3 Å². The van der Waals surface area contributed by atoms with Gasteiger partial charge in [0.2, 0.25) is 0 Å². The van der Waals surface area contributed by atoms with Gasteiger partial charge in [-0.15, -0.1) is 0 Å². The van der Waals surface area contributed by atoms with Crippen LogP contribution in [0.4, 0.5) is 0 Å². The molecule has 0 unspecified atom stereocenters. The van der Waals surface area contributed by atoms with E-state index in [1.807, 2.05) is 24.4 Å². The van der Waals surface area contributed by atoms with Crippen LogP contribution in [-0.2, 0) is 0 Å². The van der Waals surface area contributed by atoms with Crippen molar-refractivity contribution in [1.29, 1.82) is 0 Å². The SMILES string of the molecule is Oc1cncc(-c2ccc3[nH]nc(-c4cc5c(-c6ccsc6)ccnc5[nH]4)c3n2)c1. The van der Waals surface area contributed by atoms with Crippen molar-refractivity contribution >= 4 is 33.4 Å². The average molecular weight is 410 g/mol. The summed E-state index contributed by atoms with van der Waals surface area (Å²) >= 11 is 1.67. The van der Waals surface area contributed by atoms with E-state index < -0.39 is 0 Å². The van der Waals surface area contributed by atoms with Crippen molar-refractivity contribution < 1.29 is 5.11 Å². The topological polar surface area (TPSA) is 103 Å². The Hall–Kier alpha value is -4.04. The highest BCUT2D eigenvalue weighted by molar-refractivity contribution is 7.08. The molecule has 0 aromatic carbocycles. The van der Waals surface area contributed by atoms with E-state index >= 15 is 0 Å². The molecule has 144 valence electrons. The third kappa shape index (κ3) is 2.66. The molecule has 7 nitrogen and oxygen atoms in total. The fourth-order valence-corrected chi connectivity index (χ4v) is 4.30. The van der Waals surface area contributed by atoms with E-state index in [2.05, 4.69) is 48.0 Å². The number of nitrogens with zero attached hydrogens (tertiary/aromatic N) is 4. The van der Waals surface area contributed by atoms with E-state index in [-0.39, 0.29) is 5.75 Å². The van der Waals surface area contributed by atoms with Gasteiger partial charge in [-0.2, -0.15) is 16.4 Å². The monoisotopic (exact) mass is 410 g/mol. The molecule has 0 radical (unpaired) electrons. The molecule has 0 atom stereocenters. The molecule has 0 spiro atoms. The molecule has 0 bridgehead atoms. The summed E-state index contributed by atoms with van der Waals surface area (Å²) in [5, 5.41) is 22.5. The maximum Gasteiger partial charge on any atom is 0.138 e. The second kappa shape index (κ2) is 6.50. The van der Waals surface area contributed by atoms with Crippen LogP contribution in [-0.4, -0.2) is 35.2 Å². The third-order valence-electron chi connectivity index (χ3n) is 5.05. The molecule has 6 aromatic rings. The number of H-pyrrole nitrogens is 2. The molecule has 0 saturated heterocycles. The number of pyridine rings is 3.